The summed E-state index contributed by atoms with van der Waals surface area (Å²) in [6.45, 7) is 2.73. The lowest BCUT2D eigenvalue weighted by molar-refractivity contribution is 0.0950. The van der Waals surface area contributed by atoms with Crippen molar-refractivity contribution in [3.05, 3.63) is 53.6 Å². The van der Waals surface area contributed by atoms with Crippen molar-refractivity contribution < 1.29 is 22.7 Å². The molecular weight excluding hydrogens is 368 g/mol. The Bertz CT molecular complexity index is 893. The van der Waals surface area contributed by atoms with Gasteiger partial charge in [0.2, 0.25) is 10.0 Å². The van der Waals surface area contributed by atoms with E-state index in [9.17, 15) is 13.2 Å². The lowest BCUT2D eigenvalue weighted by Crippen LogP contribution is -2.24. The fraction of sp³-hybridized carbons (Fsp3) is 0.316. The van der Waals surface area contributed by atoms with E-state index in [4.69, 9.17) is 9.47 Å². The Morgan fingerprint density at radius 1 is 1.07 bits per heavy atom. The summed E-state index contributed by atoms with van der Waals surface area (Å²) >= 11 is 0. The van der Waals surface area contributed by atoms with Crippen LogP contribution < -0.4 is 14.8 Å². The molecule has 27 heavy (non-hydrogen) atoms. The number of carbonyl (C=O) groups excluding carboxylic acids is 1. The van der Waals surface area contributed by atoms with Crippen molar-refractivity contribution in [1.29, 1.82) is 0 Å². The third kappa shape index (κ3) is 4.99. The van der Waals surface area contributed by atoms with Crippen LogP contribution in [0.1, 0.15) is 22.8 Å². The van der Waals surface area contributed by atoms with Crippen molar-refractivity contribution in [2.45, 2.75) is 18.4 Å². The van der Waals surface area contributed by atoms with Gasteiger partial charge in [-0.25, -0.2) is 12.7 Å². The summed E-state index contributed by atoms with van der Waals surface area (Å²) in [6.07, 6.45) is 0. The number of sulfonamides is 1. The summed E-state index contributed by atoms with van der Waals surface area (Å²) in [5.41, 5.74) is 1.24. The summed E-state index contributed by atoms with van der Waals surface area (Å²) in [6, 6.07) is 11.3. The van der Waals surface area contributed by atoms with Crippen molar-refractivity contribution in [3.63, 3.8) is 0 Å². The van der Waals surface area contributed by atoms with E-state index in [1.54, 1.807) is 19.2 Å². The Kier molecular flexibility index (Phi) is 6.81. The zero-order valence-electron chi connectivity index (χ0n) is 15.9. The van der Waals surface area contributed by atoms with Gasteiger partial charge in [0.05, 0.1) is 18.6 Å². The molecule has 0 unspecified atom stereocenters. The molecule has 0 spiro atoms. The Hall–Kier alpha value is -2.58. The van der Waals surface area contributed by atoms with E-state index >= 15 is 0 Å². The second kappa shape index (κ2) is 8.88. The number of hydrogen-bond donors (Lipinski definition) is 1. The number of nitrogens with zero attached hydrogens (tertiary/aromatic N) is 1. The highest BCUT2D eigenvalue weighted by molar-refractivity contribution is 7.89. The average molecular weight is 392 g/mol. The van der Waals surface area contributed by atoms with Gasteiger partial charge in [-0.1, -0.05) is 6.07 Å². The maximum atomic E-state index is 12.3. The third-order valence-corrected chi connectivity index (χ3v) is 5.71. The zero-order chi connectivity index (χ0) is 20.0. The van der Waals surface area contributed by atoms with Gasteiger partial charge in [-0.15, -0.1) is 0 Å². The van der Waals surface area contributed by atoms with Crippen LogP contribution in [0.2, 0.25) is 0 Å². The molecule has 1 amide bonds. The van der Waals surface area contributed by atoms with E-state index in [0.717, 1.165) is 9.87 Å². The highest BCUT2D eigenvalue weighted by Gasteiger charge is 2.17. The van der Waals surface area contributed by atoms with Crippen molar-refractivity contribution in [2.24, 2.45) is 0 Å². The minimum absolute atomic E-state index is 0.139. The molecule has 0 saturated carbocycles. The molecule has 146 valence electrons. The number of benzene rings is 2. The summed E-state index contributed by atoms with van der Waals surface area (Å²) < 4.78 is 36.0. The molecule has 1 N–H and O–H groups in total. The highest BCUT2D eigenvalue weighted by atomic mass is 32.2. The van der Waals surface area contributed by atoms with Crippen molar-refractivity contribution >= 4 is 15.9 Å². The monoisotopic (exact) mass is 392 g/mol. The van der Waals surface area contributed by atoms with E-state index in [-0.39, 0.29) is 10.8 Å². The quantitative estimate of drug-likeness (QED) is 0.745. The van der Waals surface area contributed by atoms with Crippen LogP contribution in [-0.2, 0) is 16.6 Å². The molecule has 7 nitrogen and oxygen atoms in total. The van der Waals surface area contributed by atoms with Crippen LogP contribution in [0.5, 0.6) is 11.5 Å². The Balaban J connectivity index is 2.06. The molecule has 0 aliphatic heterocycles. The van der Waals surface area contributed by atoms with Gasteiger partial charge in [0.1, 0.15) is 0 Å². The van der Waals surface area contributed by atoms with Gasteiger partial charge in [-0.2, -0.15) is 0 Å². The molecule has 0 aliphatic rings. The van der Waals surface area contributed by atoms with Gasteiger partial charge in [0.15, 0.2) is 11.5 Å². The van der Waals surface area contributed by atoms with Gasteiger partial charge < -0.3 is 14.8 Å². The molecule has 2 rings (SSSR count). The predicted octanol–water partition coefficient (Wildman–Crippen LogP) is 2.27. The summed E-state index contributed by atoms with van der Waals surface area (Å²) in [7, 11) is 0.962. The predicted molar refractivity (Wildman–Crippen MR) is 103 cm³/mol. The molecular formula is C19H24N2O5S. The van der Waals surface area contributed by atoms with E-state index in [1.165, 1.54) is 38.4 Å². The van der Waals surface area contributed by atoms with Crippen LogP contribution in [0.4, 0.5) is 0 Å². The largest absolute Gasteiger partial charge is 0.493 e. The van der Waals surface area contributed by atoms with Gasteiger partial charge >= 0.3 is 0 Å². The van der Waals surface area contributed by atoms with E-state index < -0.39 is 10.0 Å². The fourth-order valence-electron chi connectivity index (χ4n) is 2.37. The minimum Gasteiger partial charge on any atom is -0.493 e. The smallest absolute Gasteiger partial charge is 0.251 e. The number of amides is 1. The molecule has 0 radical (unpaired) electrons. The van der Waals surface area contributed by atoms with Gasteiger partial charge in [0.25, 0.3) is 5.91 Å². The van der Waals surface area contributed by atoms with Crippen LogP contribution in [0.25, 0.3) is 0 Å². The first-order valence-corrected chi connectivity index (χ1v) is 9.84. The van der Waals surface area contributed by atoms with Crippen molar-refractivity contribution in [3.8, 4) is 11.5 Å². The molecule has 0 bridgehead atoms. The molecule has 0 fully saturated rings. The number of carbonyl (C=O) groups is 1. The van der Waals surface area contributed by atoms with Crippen molar-refractivity contribution in [1.82, 2.24) is 9.62 Å². The number of rotatable bonds is 8. The Morgan fingerprint density at radius 3 is 2.30 bits per heavy atom. The number of ether oxygens (including phenoxy) is 2. The van der Waals surface area contributed by atoms with E-state index in [1.807, 2.05) is 13.0 Å². The lowest BCUT2D eigenvalue weighted by Gasteiger charge is -2.12. The lowest BCUT2D eigenvalue weighted by atomic mass is 10.1. The van der Waals surface area contributed by atoms with Crippen LogP contribution in [0.15, 0.2) is 47.4 Å². The Morgan fingerprint density at radius 2 is 1.74 bits per heavy atom. The fourth-order valence-corrected chi connectivity index (χ4v) is 3.27. The van der Waals surface area contributed by atoms with Crippen LogP contribution in [0.3, 0.4) is 0 Å². The van der Waals surface area contributed by atoms with E-state index in [0.29, 0.717) is 30.2 Å². The first-order chi connectivity index (χ1) is 12.8. The van der Waals surface area contributed by atoms with Gasteiger partial charge in [0, 0.05) is 26.2 Å². The number of nitrogens with one attached hydrogen (secondary N) is 1. The zero-order valence-corrected chi connectivity index (χ0v) is 16.7. The second-order valence-electron chi connectivity index (χ2n) is 5.91. The third-order valence-electron chi connectivity index (χ3n) is 3.88. The molecule has 0 saturated heterocycles. The summed E-state index contributed by atoms with van der Waals surface area (Å²) in [5.74, 6) is 0.950. The van der Waals surface area contributed by atoms with E-state index in [2.05, 4.69) is 5.32 Å². The number of hydrogen-bond acceptors (Lipinski definition) is 5. The topological polar surface area (TPSA) is 84.9 Å². The molecule has 0 atom stereocenters. The summed E-state index contributed by atoms with van der Waals surface area (Å²) in [5, 5.41) is 2.80. The van der Waals surface area contributed by atoms with Crippen LogP contribution in [-0.4, -0.2) is 46.4 Å². The minimum atomic E-state index is -3.52. The first-order valence-electron chi connectivity index (χ1n) is 8.40. The Labute approximate surface area is 160 Å². The molecule has 0 heterocycles. The van der Waals surface area contributed by atoms with Crippen LogP contribution in [0, 0.1) is 0 Å². The number of methoxy groups -OCH3 is 1. The van der Waals surface area contributed by atoms with Crippen molar-refractivity contribution in [2.75, 3.05) is 27.8 Å². The second-order valence-corrected chi connectivity index (χ2v) is 8.06. The average Bonchev–Trinajstić information content (AvgIpc) is 2.67. The normalized spacial score (nSPS) is 11.3. The standard InChI is InChI=1S/C19H24N2O5S/c1-5-26-17-11-6-14(12-18(17)25-4)13-20-19(22)15-7-9-16(10-8-15)27(23,24)21(2)3/h6-12H,5,13H2,1-4H3,(H,20,22). The van der Waals surface area contributed by atoms with Gasteiger partial charge in [-0.3, -0.25) is 4.79 Å². The first kappa shape index (κ1) is 20.7. The highest BCUT2D eigenvalue weighted by Crippen LogP contribution is 2.28. The summed E-state index contributed by atoms with van der Waals surface area (Å²) in [4.78, 5) is 12.4. The molecule has 2 aromatic rings. The molecule has 2 aromatic carbocycles. The van der Waals surface area contributed by atoms with Crippen LogP contribution >= 0.6 is 0 Å². The van der Waals surface area contributed by atoms with Gasteiger partial charge in [-0.05, 0) is 48.9 Å². The molecule has 8 heteroatoms. The SMILES string of the molecule is CCOc1ccc(CNC(=O)c2ccc(S(=O)(=O)N(C)C)cc2)cc1OC. The molecule has 0 aromatic heterocycles. The molecule has 0 aliphatic carbocycles. The maximum absolute atomic E-state index is 12.3. The maximum Gasteiger partial charge on any atom is 0.251 e.